The number of fused-ring (bicyclic) bond motifs is 11. The van der Waals surface area contributed by atoms with E-state index in [4.69, 9.17) is 0 Å². The van der Waals surface area contributed by atoms with Gasteiger partial charge in [-0.15, -0.1) is 0 Å². The zero-order valence-electron chi connectivity index (χ0n) is 45.3. The molecular weight excluding hydrogens is 933 g/mol. The van der Waals surface area contributed by atoms with E-state index in [0.717, 1.165) is 0 Å². The Balaban J connectivity index is 0.958. The predicted molar refractivity (Wildman–Crippen MR) is 322 cm³/mol. The first-order valence-corrected chi connectivity index (χ1v) is 29.7. The summed E-state index contributed by atoms with van der Waals surface area (Å²) in [6, 6.07) is 80.2. The number of anilines is 5. The highest BCUT2D eigenvalue weighted by Gasteiger charge is 2.55. The first-order valence-electron chi connectivity index (χ1n) is 27.7. The average Bonchev–Trinajstić information content (AvgIpc) is 3.87. The lowest BCUT2D eigenvalue weighted by Crippen LogP contribution is -2.72. The van der Waals surface area contributed by atoms with Crippen LogP contribution in [0.4, 0.5) is 28.4 Å². The molecule has 0 aromatic heterocycles. The molecule has 0 radical (unpaired) electrons. The van der Waals surface area contributed by atoms with Crippen molar-refractivity contribution in [3.8, 4) is 22.3 Å². The van der Waals surface area contributed by atoms with Gasteiger partial charge in [-0.1, -0.05) is 238 Å². The molecule has 0 N–H and O–H groups in total. The maximum Gasteiger partial charge on any atom is 0.180 e. The van der Waals surface area contributed by atoms with Crippen molar-refractivity contribution in [2.45, 2.75) is 84.0 Å². The van der Waals surface area contributed by atoms with Gasteiger partial charge in [0.1, 0.15) is 0 Å². The van der Waals surface area contributed by atoms with E-state index >= 15 is 0 Å². The molecule has 6 aliphatic rings. The molecule has 2 unspecified atom stereocenters. The van der Waals surface area contributed by atoms with Gasteiger partial charge in [-0.25, -0.2) is 0 Å². The molecule has 5 aliphatic heterocycles. The predicted octanol–water partition coefficient (Wildman–Crippen LogP) is 15.8. The van der Waals surface area contributed by atoms with Crippen molar-refractivity contribution in [1.82, 2.24) is 0 Å². The molecule has 370 valence electrons. The normalized spacial score (nSPS) is 20.4. The van der Waals surface area contributed by atoms with E-state index in [0.29, 0.717) is 0 Å². The fourth-order valence-corrected chi connectivity index (χ4v) is 21.3. The van der Waals surface area contributed by atoms with Crippen molar-refractivity contribution in [2.24, 2.45) is 11.8 Å². The van der Waals surface area contributed by atoms with E-state index in [1.807, 2.05) is 0 Å². The van der Waals surface area contributed by atoms with Crippen LogP contribution in [0, 0.1) is 11.8 Å². The Bertz CT molecular complexity index is 3920. The molecule has 9 aromatic rings. The second kappa shape index (κ2) is 15.5. The molecule has 0 saturated heterocycles. The summed E-state index contributed by atoms with van der Waals surface area (Å²) in [7, 11) is -2.98. The number of nitrogens with zero attached hydrogens (tertiary/aromatic N) is 2. The number of para-hydroxylation sites is 4. The first kappa shape index (κ1) is 45.7. The molecule has 3 heteroatoms. The number of allylic oxidation sites excluding steroid dienone is 4. The summed E-state index contributed by atoms with van der Waals surface area (Å²) in [4.78, 5) is 5.23. The van der Waals surface area contributed by atoms with Crippen LogP contribution < -0.4 is 30.5 Å². The van der Waals surface area contributed by atoms with Gasteiger partial charge in [-0.3, -0.25) is 0 Å². The van der Waals surface area contributed by atoms with Crippen molar-refractivity contribution in [1.29, 1.82) is 0 Å². The van der Waals surface area contributed by atoms with Crippen LogP contribution in [-0.2, 0) is 21.7 Å². The van der Waals surface area contributed by atoms with Crippen LogP contribution in [0.2, 0.25) is 0 Å². The van der Waals surface area contributed by atoms with Gasteiger partial charge in [0.2, 0.25) is 0 Å². The molecule has 0 fully saturated rings. The van der Waals surface area contributed by atoms with Crippen LogP contribution in [0.3, 0.4) is 0 Å². The van der Waals surface area contributed by atoms with E-state index < -0.39 is 8.07 Å². The summed E-state index contributed by atoms with van der Waals surface area (Å²) >= 11 is 0. The van der Waals surface area contributed by atoms with Crippen molar-refractivity contribution >= 4 is 62.8 Å². The molecule has 0 bridgehead atoms. The summed E-state index contributed by atoms with van der Waals surface area (Å²) in [6.45, 7) is 22.2. The van der Waals surface area contributed by atoms with Gasteiger partial charge in [0.15, 0.2) is 8.07 Å². The lowest BCUT2D eigenvalue weighted by atomic mass is 9.56. The van der Waals surface area contributed by atoms with Crippen LogP contribution in [0.25, 0.3) is 27.8 Å². The zero-order valence-corrected chi connectivity index (χ0v) is 46.3. The second-order valence-electron chi connectivity index (χ2n) is 24.9. The highest BCUT2D eigenvalue weighted by Crippen LogP contribution is 2.64. The molecule has 0 spiro atoms. The van der Waals surface area contributed by atoms with Crippen molar-refractivity contribution < 1.29 is 0 Å². The van der Waals surface area contributed by atoms with Crippen molar-refractivity contribution in [3.05, 3.63) is 263 Å². The van der Waals surface area contributed by atoms with Crippen LogP contribution >= 0.6 is 0 Å². The third-order valence-corrected chi connectivity index (χ3v) is 24.6. The molecule has 2 nitrogen and oxygen atoms in total. The molecule has 1 aliphatic carbocycles. The Morgan fingerprint density at radius 2 is 0.803 bits per heavy atom. The minimum Gasteiger partial charge on any atom is -0.313 e. The largest absolute Gasteiger partial charge is 0.313 e. The topological polar surface area (TPSA) is 6.48 Å². The summed E-state index contributed by atoms with van der Waals surface area (Å²) in [6.07, 6.45) is 2.64. The van der Waals surface area contributed by atoms with Gasteiger partial charge < -0.3 is 9.80 Å². The summed E-state index contributed by atoms with van der Waals surface area (Å²) < 4.78 is 0. The van der Waals surface area contributed by atoms with Gasteiger partial charge in [-0.2, -0.15) is 0 Å². The molecule has 5 heterocycles. The molecule has 2 atom stereocenters. The highest BCUT2D eigenvalue weighted by molar-refractivity contribution is 7.22. The van der Waals surface area contributed by atoms with Crippen molar-refractivity contribution in [2.75, 3.05) is 9.80 Å². The smallest absolute Gasteiger partial charge is 0.180 e. The molecular formula is C73H64N2Si. The Morgan fingerprint density at radius 3 is 1.33 bits per heavy atom. The number of hydrogen-bond acceptors (Lipinski definition) is 2. The fraction of sp³-hybridized carbons (Fsp3) is 0.205. The van der Waals surface area contributed by atoms with Crippen LogP contribution in [-0.4, -0.2) is 8.07 Å². The minimum atomic E-state index is -2.98. The van der Waals surface area contributed by atoms with E-state index in [1.165, 1.54) is 127 Å². The maximum absolute atomic E-state index is 2.98. The van der Waals surface area contributed by atoms with Gasteiger partial charge in [0.25, 0.3) is 0 Å². The molecule has 15 rings (SSSR count). The van der Waals surface area contributed by atoms with Crippen molar-refractivity contribution in [3.63, 3.8) is 0 Å². The monoisotopic (exact) mass is 996 g/mol. The minimum absolute atomic E-state index is 0.116. The van der Waals surface area contributed by atoms with Gasteiger partial charge in [0, 0.05) is 44.6 Å². The summed E-state index contributed by atoms with van der Waals surface area (Å²) in [5.41, 5.74) is 25.1. The third-order valence-electron chi connectivity index (χ3n) is 19.7. The van der Waals surface area contributed by atoms with E-state index in [2.05, 4.69) is 284 Å². The molecule has 76 heavy (non-hydrogen) atoms. The Kier molecular flexibility index (Phi) is 9.28. The number of benzene rings is 9. The Morgan fingerprint density at radius 1 is 0.382 bits per heavy atom. The second-order valence-corrected chi connectivity index (χ2v) is 28.7. The standard InChI is InChI=1S/C73H64N2Si/c1-45-53(44-60-69-67(45)73(8,9)57-31-19-23-35-64(57)75(69)63-34-22-18-30-56(63)72(60,6)7)47-37-39-52-51-38-36-46(42-65(51)76(66(52)43-47,49-24-12-10-13-25-49)50-26-14-11-15-27-50)48-40-58-68-59(41-48)71(4,5)55-29-17-21-33-62(55)74(68)61-32-20-16-28-54(61)70(58,2)3/h10-45,67H,1-9H3. The average molecular weight is 997 g/mol. The molecule has 0 amide bonds. The lowest BCUT2D eigenvalue weighted by Gasteiger charge is -2.57. The maximum atomic E-state index is 2.68. The molecule has 0 saturated carbocycles. The van der Waals surface area contributed by atoms with Gasteiger partial charge >= 0.3 is 0 Å². The highest BCUT2D eigenvalue weighted by atomic mass is 28.3. The summed E-state index contributed by atoms with van der Waals surface area (Å²) in [5, 5.41) is 5.79. The quantitative estimate of drug-likeness (QED) is 0.162. The third kappa shape index (κ3) is 5.72. The molecule has 9 aromatic carbocycles. The summed E-state index contributed by atoms with van der Waals surface area (Å²) in [5.74, 6) is 0.506. The Hall–Kier alpha value is -7.72. The number of rotatable bonds is 4. The van der Waals surface area contributed by atoms with E-state index in [9.17, 15) is 0 Å². The fourth-order valence-electron chi connectivity index (χ4n) is 16.0. The lowest BCUT2D eigenvalue weighted by molar-refractivity contribution is 0.287. The first-order chi connectivity index (χ1) is 36.7. The number of hydrogen-bond donors (Lipinski definition) is 0. The van der Waals surface area contributed by atoms with Crippen LogP contribution in [0.5, 0.6) is 0 Å². The van der Waals surface area contributed by atoms with E-state index in [1.54, 1.807) is 0 Å². The Labute approximate surface area is 450 Å². The van der Waals surface area contributed by atoms with Crippen LogP contribution in [0.15, 0.2) is 224 Å². The van der Waals surface area contributed by atoms with Gasteiger partial charge in [0.05, 0.1) is 17.1 Å². The zero-order chi connectivity index (χ0) is 51.8. The van der Waals surface area contributed by atoms with E-state index in [-0.39, 0.29) is 33.5 Å². The van der Waals surface area contributed by atoms with Crippen LogP contribution in [0.1, 0.15) is 101 Å². The van der Waals surface area contributed by atoms with Gasteiger partial charge in [-0.05, 0) is 135 Å². The SMILES string of the molecule is CC1C(c2ccc3c(c2)[Si](c2ccccc2)(c2ccccc2)c2cc(-c4cc5c6c(c4)C(C)(C)c4ccccc4N6c4ccccc4C5(C)C)ccc2-3)=CC2=C3C1C(C)(C)c1ccccc1N3c1ccccc1C2(C)C.